The maximum atomic E-state index is 13.4. The summed E-state index contributed by atoms with van der Waals surface area (Å²) in [6.07, 6.45) is 3.93. The molecular weight excluding hydrogens is 548 g/mol. The summed E-state index contributed by atoms with van der Waals surface area (Å²) >= 11 is 1.62. The number of carbonyl (C=O) groups excluding carboxylic acids is 1. The molecule has 3 aromatic rings. The van der Waals surface area contributed by atoms with Crippen LogP contribution in [-0.2, 0) is 21.6 Å². The van der Waals surface area contributed by atoms with Gasteiger partial charge in [-0.3, -0.25) is 0 Å². The molecule has 1 aliphatic heterocycles. The predicted octanol–water partition coefficient (Wildman–Crippen LogP) is 7.69. The molecule has 9 heteroatoms. The number of aromatic nitrogens is 3. The van der Waals surface area contributed by atoms with Gasteiger partial charge >= 0.3 is 5.97 Å². The number of fused-ring (bicyclic) bond motifs is 1. The van der Waals surface area contributed by atoms with E-state index in [1.807, 2.05) is 25.1 Å². The third-order valence-corrected chi connectivity index (χ3v) is 8.15. The van der Waals surface area contributed by atoms with Crippen LogP contribution < -0.4 is 14.8 Å². The van der Waals surface area contributed by atoms with Crippen LogP contribution in [0.4, 0.5) is 5.95 Å². The van der Waals surface area contributed by atoms with Crippen molar-refractivity contribution in [1.29, 1.82) is 0 Å². The van der Waals surface area contributed by atoms with Crippen molar-refractivity contribution in [3.05, 3.63) is 70.4 Å². The van der Waals surface area contributed by atoms with Gasteiger partial charge in [0.2, 0.25) is 11.1 Å². The zero-order valence-corrected chi connectivity index (χ0v) is 26.8. The van der Waals surface area contributed by atoms with E-state index in [9.17, 15) is 4.79 Å². The Kier molecular flexibility index (Phi) is 10.6. The van der Waals surface area contributed by atoms with Gasteiger partial charge in [0.15, 0.2) is 11.5 Å². The van der Waals surface area contributed by atoms with E-state index in [0.717, 1.165) is 42.6 Å². The number of esters is 1. The van der Waals surface area contributed by atoms with Crippen molar-refractivity contribution in [1.82, 2.24) is 14.8 Å². The number of methoxy groups -OCH3 is 1. The van der Waals surface area contributed by atoms with Crippen molar-refractivity contribution in [2.75, 3.05) is 24.8 Å². The van der Waals surface area contributed by atoms with Crippen LogP contribution in [0.25, 0.3) is 0 Å². The lowest BCUT2D eigenvalue weighted by atomic mass is 9.87. The van der Waals surface area contributed by atoms with Crippen LogP contribution in [-0.4, -0.2) is 40.2 Å². The Balaban J connectivity index is 1.64. The number of nitrogens with one attached hydrogen (secondary N) is 1. The number of allylic oxidation sites excluding steroid dienone is 1. The highest BCUT2D eigenvalue weighted by Crippen LogP contribution is 2.40. The van der Waals surface area contributed by atoms with Gasteiger partial charge in [-0.25, -0.2) is 9.48 Å². The lowest BCUT2D eigenvalue weighted by Crippen LogP contribution is -2.29. The van der Waals surface area contributed by atoms with Crippen molar-refractivity contribution in [2.24, 2.45) is 0 Å². The first-order valence-electron chi connectivity index (χ1n) is 14.8. The zero-order valence-electron chi connectivity index (χ0n) is 26.0. The van der Waals surface area contributed by atoms with E-state index in [1.165, 1.54) is 5.56 Å². The minimum absolute atomic E-state index is 0.0973. The number of anilines is 1. The maximum Gasteiger partial charge on any atom is 0.338 e. The SMILES string of the molecule is CCCCOC(=O)C1=C(C)Nc2nc(SCCCC)nn2C1c1ccc(OCc2ccc(C(C)(C)C)cc2)c(OC)c1. The average molecular weight is 593 g/mol. The van der Waals surface area contributed by atoms with E-state index < -0.39 is 6.04 Å². The lowest BCUT2D eigenvalue weighted by molar-refractivity contribution is -0.139. The number of unbranched alkanes of at least 4 members (excludes halogenated alkanes) is 2. The Labute approximate surface area is 254 Å². The van der Waals surface area contributed by atoms with Crippen molar-refractivity contribution < 1.29 is 19.0 Å². The van der Waals surface area contributed by atoms with E-state index in [2.05, 4.69) is 64.2 Å². The van der Waals surface area contributed by atoms with Crippen LogP contribution in [0.3, 0.4) is 0 Å². The quantitative estimate of drug-likeness (QED) is 0.123. The molecule has 0 aliphatic carbocycles. The molecule has 4 rings (SSSR count). The van der Waals surface area contributed by atoms with E-state index in [-0.39, 0.29) is 11.4 Å². The molecule has 0 spiro atoms. The second kappa shape index (κ2) is 14.1. The molecule has 8 nitrogen and oxygen atoms in total. The lowest BCUT2D eigenvalue weighted by Gasteiger charge is -2.28. The Morgan fingerprint density at radius 2 is 1.79 bits per heavy atom. The van der Waals surface area contributed by atoms with E-state index >= 15 is 0 Å². The van der Waals surface area contributed by atoms with Gasteiger partial charge in [0.25, 0.3) is 0 Å². The van der Waals surface area contributed by atoms with Crippen molar-refractivity contribution in [2.45, 2.75) is 90.4 Å². The van der Waals surface area contributed by atoms with Gasteiger partial charge in [0, 0.05) is 11.4 Å². The first-order valence-corrected chi connectivity index (χ1v) is 15.8. The average Bonchev–Trinajstić information content (AvgIpc) is 3.37. The first kappa shape index (κ1) is 31.5. The number of hydrogen-bond acceptors (Lipinski definition) is 8. The summed E-state index contributed by atoms with van der Waals surface area (Å²) in [6, 6.07) is 13.7. The van der Waals surface area contributed by atoms with Gasteiger partial charge in [-0.1, -0.05) is 89.6 Å². The Morgan fingerprint density at radius 1 is 1.05 bits per heavy atom. The maximum absolute atomic E-state index is 13.4. The summed E-state index contributed by atoms with van der Waals surface area (Å²) in [5.41, 5.74) is 4.48. The van der Waals surface area contributed by atoms with Crippen molar-refractivity contribution in [3.63, 3.8) is 0 Å². The zero-order chi connectivity index (χ0) is 30.3. The summed E-state index contributed by atoms with van der Waals surface area (Å²) in [7, 11) is 1.62. The fourth-order valence-electron chi connectivity index (χ4n) is 4.70. The standard InChI is InChI=1S/C33H44N4O4S/c1-8-10-18-40-30(38)28-22(3)34-31-35-32(42-19-11-9-2)36-37(31)29(28)24-14-17-26(27(20-24)39-7)41-21-23-12-15-25(16-13-23)33(4,5)6/h12-17,20,29H,8-11,18-19,21H2,1-7H3,(H,34,35,36). The normalized spacial score (nSPS) is 14.8. The molecule has 1 aromatic heterocycles. The summed E-state index contributed by atoms with van der Waals surface area (Å²) in [5.74, 6) is 2.37. The molecule has 2 aromatic carbocycles. The molecular formula is C33H44N4O4S. The summed E-state index contributed by atoms with van der Waals surface area (Å²) in [4.78, 5) is 18.1. The van der Waals surface area contributed by atoms with Gasteiger partial charge in [-0.15, -0.1) is 5.10 Å². The van der Waals surface area contributed by atoms with E-state index in [0.29, 0.717) is 47.1 Å². The number of hydrogen-bond donors (Lipinski definition) is 1. The van der Waals surface area contributed by atoms with Gasteiger partial charge in [0.05, 0.1) is 19.3 Å². The van der Waals surface area contributed by atoms with Gasteiger partial charge in [-0.05, 0) is 54.0 Å². The first-order chi connectivity index (χ1) is 20.2. The summed E-state index contributed by atoms with van der Waals surface area (Å²) in [6.45, 7) is 13.5. The van der Waals surface area contributed by atoms with Gasteiger partial charge < -0.3 is 19.5 Å². The molecule has 0 radical (unpaired) electrons. The topological polar surface area (TPSA) is 87.5 Å². The number of rotatable bonds is 13. The highest BCUT2D eigenvalue weighted by Gasteiger charge is 2.35. The third-order valence-electron chi connectivity index (χ3n) is 7.23. The van der Waals surface area contributed by atoms with Crippen LogP contribution >= 0.6 is 11.8 Å². The van der Waals surface area contributed by atoms with Crippen molar-refractivity contribution >= 4 is 23.7 Å². The fraction of sp³-hybridized carbons (Fsp3) is 0.485. The molecule has 0 fully saturated rings. The highest BCUT2D eigenvalue weighted by molar-refractivity contribution is 7.99. The molecule has 0 saturated heterocycles. The highest BCUT2D eigenvalue weighted by atomic mass is 32.2. The van der Waals surface area contributed by atoms with Crippen molar-refractivity contribution in [3.8, 4) is 11.5 Å². The molecule has 1 atom stereocenters. The molecule has 1 unspecified atom stereocenters. The smallest absolute Gasteiger partial charge is 0.338 e. The van der Waals surface area contributed by atoms with Crippen LogP contribution in [0.2, 0.25) is 0 Å². The van der Waals surface area contributed by atoms with Crippen LogP contribution in [0.1, 0.15) is 90.0 Å². The Bertz CT molecular complexity index is 1390. The molecule has 0 amide bonds. The van der Waals surface area contributed by atoms with E-state index in [4.69, 9.17) is 24.3 Å². The summed E-state index contributed by atoms with van der Waals surface area (Å²) in [5, 5.41) is 8.77. The van der Waals surface area contributed by atoms with E-state index in [1.54, 1.807) is 23.6 Å². The predicted molar refractivity (Wildman–Crippen MR) is 168 cm³/mol. The second-order valence-corrected chi connectivity index (χ2v) is 12.6. The fourth-order valence-corrected chi connectivity index (χ4v) is 5.61. The van der Waals surface area contributed by atoms with Crippen LogP contribution in [0.15, 0.2) is 58.9 Å². The number of carbonyl (C=O) groups is 1. The number of benzene rings is 2. The monoisotopic (exact) mass is 592 g/mol. The molecule has 226 valence electrons. The minimum Gasteiger partial charge on any atom is -0.493 e. The molecule has 0 saturated carbocycles. The largest absolute Gasteiger partial charge is 0.493 e. The van der Waals surface area contributed by atoms with Crippen LogP contribution in [0.5, 0.6) is 11.5 Å². The second-order valence-electron chi connectivity index (χ2n) is 11.6. The van der Waals surface area contributed by atoms with Gasteiger partial charge in [0.1, 0.15) is 12.6 Å². The molecule has 42 heavy (non-hydrogen) atoms. The molecule has 0 bridgehead atoms. The van der Waals surface area contributed by atoms with Gasteiger partial charge in [-0.2, -0.15) is 4.98 Å². The number of ether oxygens (including phenoxy) is 3. The third kappa shape index (κ3) is 7.48. The van der Waals surface area contributed by atoms with Crippen LogP contribution in [0, 0.1) is 0 Å². The number of thioether (sulfide) groups is 1. The number of nitrogens with zero attached hydrogens (tertiary/aromatic N) is 3. The molecule has 2 heterocycles. The summed E-state index contributed by atoms with van der Waals surface area (Å²) < 4.78 is 19.4. The molecule has 1 N–H and O–H groups in total. The Morgan fingerprint density at radius 3 is 2.45 bits per heavy atom. The molecule has 1 aliphatic rings. The minimum atomic E-state index is -0.531. The Hall–Kier alpha value is -3.46.